The second-order valence-corrected chi connectivity index (χ2v) is 7.41. The number of hydrogen-bond acceptors (Lipinski definition) is 4. The molecule has 1 aliphatic carbocycles. The highest BCUT2D eigenvalue weighted by Gasteiger charge is 2.31. The van der Waals surface area contributed by atoms with E-state index < -0.39 is 9.84 Å². The SMILES string of the molecule is CC(C)c1ncc(S(=O)(=O)C2CCCC2)cc1O. The lowest BCUT2D eigenvalue weighted by molar-refractivity contribution is 0.457. The summed E-state index contributed by atoms with van der Waals surface area (Å²) in [5, 5.41) is 9.54. The summed E-state index contributed by atoms with van der Waals surface area (Å²) in [4.78, 5) is 4.24. The molecule has 18 heavy (non-hydrogen) atoms. The molecule has 0 radical (unpaired) electrons. The average Bonchev–Trinajstić information content (AvgIpc) is 2.82. The first kappa shape index (κ1) is 13.3. The second kappa shape index (κ2) is 4.88. The van der Waals surface area contributed by atoms with E-state index in [9.17, 15) is 13.5 Å². The van der Waals surface area contributed by atoms with Gasteiger partial charge in [-0.25, -0.2) is 8.42 Å². The van der Waals surface area contributed by atoms with E-state index >= 15 is 0 Å². The fraction of sp³-hybridized carbons (Fsp3) is 0.615. The van der Waals surface area contributed by atoms with Gasteiger partial charge in [-0.2, -0.15) is 0 Å². The van der Waals surface area contributed by atoms with Crippen LogP contribution in [0.5, 0.6) is 5.75 Å². The van der Waals surface area contributed by atoms with Crippen molar-refractivity contribution in [3.8, 4) is 5.75 Å². The molecule has 0 aliphatic heterocycles. The van der Waals surface area contributed by atoms with Crippen LogP contribution in [0.25, 0.3) is 0 Å². The zero-order valence-electron chi connectivity index (χ0n) is 10.8. The van der Waals surface area contributed by atoms with Gasteiger partial charge in [0.1, 0.15) is 5.75 Å². The summed E-state index contributed by atoms with van der Waals surface area (Å²) in [7, 11) is -3.33. The van der Waals surface area contributed by atoms with Gasteiger partial charge in [-0.1, -0.05) is 26.7 Å². The first-order valence-corrected chi connectivity index (χ1v) is 7.90. The second-order valence-electron chi connectivity index (χ2n) is 5.18. The van der Waals surface area contributed by atoms with Crippen molar-refractivity contribution in [1.29, 1.82) is 0 Å². The molecule has 1 aromatic heterocycles. The molecule has 1 aliphatic rings. The normalized spacial score (nSPS) is 17.5. The zero-order chi connectivity index (χ0) is 13.3. The summed E-state index contributed by atoms with van der Waals surface area (Å²) in [6, 6.07) is 1.34. The molecule has 0 unspecified atom stereocenters. The third-order valence-electron chi connectivity index (χ3n) is 3.49. The monoisotopic (exact) mass is 269 g/mol. The van der Waals surface area contributed by atoms with Crippen LogP contribution in [0.15, 0.2) is 17.2 Å². The predicted octanol–water partition coefficient (Wildman–Crippen LogP) is 2.63. The standard InChI is InChI=1S/C13H19NO3S/c1-9(2)13-12(15)7-11(8-14-13)18(16,17)10-5-3-4-6-10/h7-10,15H,3-6H2,1-2H3. The van der Waals surface area contributed by atoms with Gasteiger partial charge in [-0.3, -0.25) is 4.98 Å². The van der Waals surface area contributed by atoms with Crippen molar-refractivity contribution in [2.24, 2.45) is 0 Å². The highest BCUT2D eigenvalue weighted by molar-refractivity contribution is 7.92. The topological polar surface area (TPSA) is 67.3 Å². The molecule has 2 rings (SSSR count). The van der Waals surface area contributed by atoms with E-state index in [-0.39, 0.29) is 21.8 Å². The highest BCUT2D eigenvalue weighted by atomic mass is 32.2. The van der Waals surface area contributed by atoms with Gasteiger partial charge in [-0.05, 0) is 18.8 Å². The summed E-state index contributed by atoms with van der Waals surface area (Å²) < 4.78 is 24.6. The quantitative estimate of drug-likeness (QED) is 0.916. The van der Waals surface area contributed by atoms with E-state index in [1.165, 1.54) is 12.3 Å². The van der Waals surface area contributed by atoms with Crippen molar-refractivity contribution in [3.05, 3.63) is 18.0 Å². The Balaban J connectivity index is 2.37. The molecule has 0 bridgehead atoms. The highest BCUT2D eigenvalue weighted by Crippen LogP contribution is 2.32. The number of aromatic hydroxyl groups is 1. The van der Waals surface area contributed by atoms with Gasteiger partial charge in [0.25, 0.3) is 0 Å². The molecule has 0 aromatic carbocycles. The van der Waals surface area contributed by atoms with Gasteiger partial charge < -0.3 is 5.11 Å². The summed E-state index contributed by atoms with van der Waals surface area (Å²) in [6.45, 7) is 3.82. The summed E-state index contributed by atoms with van der Waals surface area (Å²) >= 11 is 0. The molecule has 100 valence electrons. The molecular formula is C13H19NO3S. The molecule has 4 nitrogen and oxygen atoms in total. The maximum Gasteiger partial charge on any atom is 0.182 e. The van der Waals surface area contributed by atoms with Crippen molar-refractivity contribution in [1.82, 2.24) is 4.98 Å². The first-order valence-electron chi connectivity index (χ1n) is 6.35. The molecule has 0 atom stereocenters. The Bertz CT molecular complexity index is 531. The predicted molar refractivity (Wildman–Crippen MR) is 69.4 cm³/mol. The van der Waals surface area contributed by atoms with Gasteiger partial charge in [-0.15, -0.1) is 0 Å². The van der Waals surface area contributed by atoms with E-state index in [2.05, 4.69) is 4.98 Å². The van der Waals surface area contributed by atoms with E-state index in [4.69, 9.17) is 0 Å². The Hall–Kier alpha value is -1.10. The van der Waals surface area contributed by atoms with Crippen LogP contribution in [-0.4, -0.2) is 23.8 Å². The van der Waals surface area contributed by atoms with Crippen LogP contribution in [0.4, 0.5) is 0 Å². The Kier molecular flexibility index (Phi) is 3.61. The third kappa shape index (κ3) is 2.36. The van der Waals surface area contributed by atoms with Crippen molar-refractivity contribution in [2.75, 3.05) is 0 Å². The molecule has 1 saturated carbocycles. The molecule has 1 N–H and O–H groups in total. The largest absolute Gasteiger partial charge is 0.506 e. The van der Waals surface area contributed by atoms with Crippen LogP contribution in [0.2, 0.25) is 0 Å². The average molecular weight is 269 g/mol. The minimum Gasteiger partial charge on any atom is -0.506 e. The fourth-order valence-corrected chi connectivity index (χ4v) is 4.25. The lowest BCUT2D eigenvalue weighted by Gasteiger charge is -2.13. The maximum absolute atomic E-state index is 12.3. The van der Waals surface area contributed by atoms with Crippen molar-refractivity contribution < 1.29 is 13.5 Å². The lowest BCUT2D eigenvalue weighted by atomic mass is 10.1. The lowest BCUT2D eigenvalue weighted by Crippen LogP contribution is -2.18. The molecule has 1 aromatic rings. The summed E-state index contributed by atoms with van der Waals surface area (Å²) in [5.74, 6) is 0.0531. The van der Waals surface area contributed by atoms with Crippen LogP contribution in [0, 0.1) is 0 Å². The van der Waals surface area contributed by atoms with Gasteiger partial charge >= 0.3 is 0 Å². The van der Waals surface area contributed by atoms with Crippen LogP contribution in [0.1, 0.15) is 51.1 Å². The smallest absolute Gasteiger partial charge is 0.182 e. The first-order chi connectivity index (χ1) is 8.43. The number of nitrogens with zero attached hydrogens (tertiary/aromatic N) is 1. The molecule has 5 heteroatoms. The Morgan fingerprint density at radius 1 is 1.33 bits per heavy atom. The Morgan fingerprint density at radius 2 is 1.94 bits per heavy atom. The molecule has 0 amide bonds. The maximum atomic E-state index is 12.3. The Morgan fingerprint density at radius 3 is 2.44 bits per heavy atom. The number of aromatic nitrogens is 1. The molecule has 0 saturated heterocycles. The number of pyridine rings is 1. The zero-order valence-corrected chi connectivity index (χ0v) is 11.6. The van der Waals surface area contributed by atoms with Gasteiger partial charge in [0, 0.05) is 12.3 Å². The van der Waals surface area contributed by atoms with Crippen LogP contribution in [0.3, 0.4) is 0 Å². The Labute approximate surface area is 108 Å². The molecule has 0 spiro atoms. The summed E-state index contributed by atoms with van der Waals surface area (Å²) in [5.41, 5.74) is 0.542. The van der Waals surface area contributed by atoms with E-state index in [1.807, 2.05) is 13.8 Å². The van der Waals surface area contributed by atoms with E-state index in [1.54, 1.807) is 0 Å². The molecule has 1 fully saturated rings. The number of sulfone groups is 1. The van der Waals surface area contributed by atoms with Gasteiger partial charge in [0.2, 0.25) is 0 Å². The van der Waals surface area contributed by atoms with Crippen molar-refractivity contribution in [3.63, 3.8) is 0 Å². The van der Waals surface area contributed by atoms with Crippen LogP contribution in [-0.2, 0) is 9.84 Å². The molecular weight excluding hydrogens is 250 g/mol. The van der Waals surface area contributed by atoms with Gasteiger partial charge in [0.05, 0.1) is 15.8 Å². The molecule has 1 heterocycles. The van der Waals surface area contributed by atoms with E-state index in [0.717, 1.165) is 25.7 Å². The van der Waals surface area contributed by atoms with Crippen LogP contribution >= 0.6 is 0 Å². The summed E-state index contributed by atoms with van der Waals surface area (Å²) in [6.07, 6.45) is 4.74. The van der Waals surface area contributed by atoms with Crippen molar-refractivity contribution >= 4 is 9.84 Å². The van der Waals surface area contributed by atoms with Crippen LogP contribution < -0.4 is 0 Å². The third-order valence-corrected chi connectivity index (χ3v) is 5.72. The van der Waals surface area contributed by atoms with Crippen molar-refractivity contribution in [2.45, 2.75) is 55.6 Å². The minimum absolute atomic E-state index is 0.0240. The fourth-order valence-electron chi connectivity index (χ4n) is 2.44. The van der Waals surface area contributed by atoms with E-state index in [0.29, 0.717) is 5.69 Å². The number of rotatable bonds is 3. The van der Waals surface area contributed by atoms with Gasteiger partial charge in [0.15, 0.2) is 9.84 Å². The minimum atomic E-state index is -3.33. The number of hydrogen-bond donors (Lipinski definition) is 1.